The van der Waals surface area contributed by atoms with Crippen LogP contribution < -0.4 is 5.32 Å². The van der Waals surface area contributed by atoms with Crippen LogP contribution in [0.4, 0.5) is 5.95 Å². The molecule has 0 unspecified atom stereocenters. The van der Waals surface area contributed by atoms with Gasteiger partial charge in [0.15, 0.2) is 0 Å². The predicted octanol–water partition coefficient (Wildman–Crippen LogP) is 2.48. The molecule has 2 aromatic rings. The van der Waals surface area contributed by atoms with Crippen LogP contribution in [-0.4, -0.2) is 20.7 Å². The number of aryl methyl sites for hydroxylation is 1. The van der Waals surface area contributed by atoms with Crippen molar-refractivity contribution in [2.45, 2.75) is 0 Å². The van der Waals surface area contributed by atoms with Gasteiger partial charge in [-0.2, -0.15) is 10.1 Å². The van der Waals surface area contributed by atoms with Gasteiger partial charge in [-0.15, -0.1) is 0 Å². The van der Waals surface area contributed by atoms with Crippen molar-refractivity contribution in [2.75, 3.05) is 5.32 Å². The summed E-state index contributed by atoms with van der Waals surface area (Å²) in [6.45, 7) is 0. The van der Waals surface area contributed by atoms with Crippen molar-refractivity contribution < 1.29 is 4.79 Å². The third-order valence-corrected chi connectivity index (χ3v) is 2.93. The van der Waals surface area contributed by atoms with Gasteiger partial charge in [0.25, 0.3) is 5.91 Å². The highest BCUT2D eigenvalue weighted by molar-refractivity contribution is 9.10. The van der Waals surface area contributed by atoms with E-state index in [1.54, 1.807) is 25.2 Å². The molecular formula is C10H8BrClN4O. The maximum atomic E-state index is 11.9. The highest BCUT2D eigenvalue weighted by Gasteiger charge is 2.13. The molecule has 0 aliphatic rings. The van der Waals surface area contributed by atoms with Gasteiger partial charge in [-0.05, 0) is 18.2 Å². The lowest BCUT2D eigenvalue weighted by Crippen LogP contribution is -2.15. The molecule has 88 valence electrons. The van der Waals surface area contributed by atoms with E-state index in [9.17, 15) is 4.79 Å². The van der Waals surface area contributed by atoms with E-state index in [4.69, 9.17) is 11.6 Å². The number of carbonyl (C=O) groups excluding carboxylic acids is 1. The first-order chi connectivity index (χ1) is 8.08. The largest absolute Gasteiger partial charge is 0.291 e. The zero-order chi connectivity index (χ0) is 12.4. The number of amides is 1. The summed E-state index contributed by atoms with van der Waals surface area (Å²) in [6, 6.07) is 5.06. The minimum atomic E-state index is -0.326. The van der Waals surface area contributed by atoms with Gasteiger partial charge in [0.1, 0.15) is 6.33 Å². The van der Waals surface area contributed by atoms with Gasteiger partial charge in [-0.3, -0.25) is 10.1 Å². The molecule has 5 nitrogen and oxygen atoms in total. The van der Waals surface area contributed by atoms with E-state index in [0.29, 0.717) is 16.5 Å². The first kappa shape index (κ1) is 12.1. The zero-order valence-corrected chi connectivity index (χ0v) is 11.2. The number of nitrogens with zero attached hydrogens (tertiary/aromatic N) is 3. The number of rotatable bonds is 2. The SMILES string of the molecule is Cn1ncnc1NC(=O)c1cc(Br)ccc1Cl. The molecule has 0 fully saturated rings. The number of hydrogen-bond acceptors (Lipinski definition) is 3. The molecule has 1 aromatic heterocycles. The third-order valence-electron chi connectivity index (χ3n) is 2.11. The lowest BCUT2D eigenvalue weighted by molar-refractivity contribution is 0.102. The van der Waals surface area contributed by atoms with E-state index in [-0.39, 0.29) is 5.91 Å². The lowest BCUT2D eigenvalue weighted by atomic mass is 10.2. The Labute approximate surface area is 111 Å². The Hall–Kier alpha value is -1.40. The molecule has 0 aliphatic carbocycles. The fourth-order valence-electron chi connectivity index (χ4n) is 1.25. The van der Waals surface area contributed by atoms with Gasteiger partial charge in [-0.1, -0.05) is 27.5 Å². The molecule has 0 saturated carbocycles. The summed E-state index contributed by atoms with van der Waals surface area (Å²) in [7, 11) is 1.69. The molecule has 1 amide bonds. The highest BCUT2D eigenvalue weighted by Crippen LogP contribution is 2.21. The lowest BCUT2D eigenvalue weighted by Gasteiger charge is -2.05. The number of aromatic nitrogens is 3. The smallest absolute Gasteiger partial charge is 0.259 e. The van der Waals surface area contributed by atoms with Crippen molar-refractivity contribution in [1.82, 2.24) is 14.8 Å². The summed E-state index contributed by atoms with van der Waals surface area (Å²) < 4.78 is 2.24. The molecule has 1 heterocycles. The molecule has 0 atom stereocenters. The van der Waals surface area contributed by atoms with Crippen molar-refractivity contribution in [3.8, 4) is 0 Å². The van der Waals surface area contributed by atoms with Crippen molar-refractivity contribution >= 4 is 39.4 Å². The second-order valence-corrected chi connectivity index (χ2v) is 4.61. The number of benzene rings is 1. The number of hydrogen-bond donors (Lipinski definition) is 1. The number of anilines is 1. The fraction of sp³-hybridized carbons (Fsp3) is 0.100. The van der Waals surface area contributed by atoms with Gasteiger partial charge >= 0.3 is 0 Å². The van der Waals surface area contributed by atoms with Crippen LogP contribution in [0.25, 0.3) is 0 Å². The Balaban J connectivity index is 2.26. The quantitative estimate of drug-likeness (QED) is 0.926. The second kappa shape index (κ2) is 4.85. The average Bonchev–Trinajstić information content (AvgIpc) is 2.68. The molecular weight excluding hydrogens is 307 g/mol. The normalized spacial score (nSPS) is 10.3. The van der Waals surface area contributed by atoms with Crippen LogP contribution in [0.2, 0.25) is 5.02 Å². The van der Waals surface area contributed by atoms with Gasteiger partial charge in [0.2, 0.25) is 5.95 Å². The van der Waals surface area contributed by atoms with Crippen LogP contribution in [0.15, 0.2) is 29.0 Å². The van der Waals surface area contributed by atoms with E-state index in [1.807, 2.05) is 0 Å². The first-order valence-corrected chi connectivity index (χ1v) is 5.85. The molecule has 7 heteroatoms. The molecule has 0 aliphatic heterocycles. The Morgan fingerprint density at radius 3 is 2.94 bits per heavy atom. The van der Waals surface area contributed by atoms with Crippen LogP contribution in [0, 0.1) is 0 Å². The number of halogens is 2. The zero-order valence-electron chi connectivity index (χ0n) is 8.82. The molecule has 0 saturated heterocycles. The fourth-order valence-corrected chi connectivity index (χ4v) is 1.81. The Morgan fingerprint density at radius 2 is 2.29 bits per heavy atom. The van der Waals surface area contributed by atoms with Gasteiger partial charge in [0.05, 0.1) is 10.6 Å². The summed E-state index contributed by atoms with van der Waals surface area (Å²) in [5.41, 5.74) is 0.379. The van der Waals surface area contributed by atoms with E-state index in [1.165, 1.54) is 11.0 Å². The summed E-state index contributed by atoms with van der Waals surface area (Å²) in [4.78, 5) is 15.8. The highest BCUT2D eigenvalue weighted by atomic mass is 79.9. The molecule has 0 bridgehead atoms. The van der Waals surface area contributed by atoms with Crippen molar-refractivity contribution in [2.24, 2.45) is 7.05 Å². The Bertz CT molecular complexity index is 569. The van der Waals surface area contributed by atoms with Crippen molar-refractivity contribution in [1.29, 1.82) is 0 Å². The van der Waals surface area contributed by atoms with Gasteiger partial charge < -0.3 is 0 Å². The number of nitrogens with one attached hydrogen (secondary N) is 1. The minimum absolute atomic E-state index is 0.326. The monoisotopic (exact) mass is 314 g/mol. The van der Waals surface area contributed by atoms with Crippen LogP contribution in [-0.2, 0) is 7.05 Å². The van der Waals surface area contributed by atoms with Crippen molar-refractivity contribution in [3.05, 3.63) is 39.6 Å². The second-order valence-electron chi connectivity index (χ2n) is 3.29. The maximum Gasteiger partial charge on any atom is 0.259 e. The summed E-state index contributed by atoms with van der Waals surface area (Å²) in [5.74, 6) is 0.0402. The van der Waals surface area contributed by atoms with E-state index >= 15 is 0 Å². The molecule has 17 heavy (non-hydrogen) atoms. The van der Waals surface area contributed by atoms with Crippen molar-refractivity contribution in [3.63, 3.8) is 0 Å². The van der Waals surface area contributed by atoms with Crippen LogP contribution in [0.1, 0.15) is 10.4 Å². The number of carbonyl (C=O) groups is 1. The molecule has 1 aromatic carbocycles. The van der Waals surface area contributed by atoms with Crippen LogP contribution in [0.3, 0.4) is 0 Å². The third kappa shape index (κ3) is 2.65. The predicted molar refractivity (Wildman–Crippen MR) is 68.1 cm³/mol. The molecule has 0 spiro atoms. The summed E-state index contributed by atoms with van der Waals surface area (Å²) >= 11 is 9.23. The van der Waals surface area contributed by atoms with Gasteiger partial charge in [-0.25, -0.2) is 4.68 Å². The van der Waals surface area contributed by atoms with E-state index in [0.717, 1.165) is 4.47 Å². The van der Waals surface area contributed by atoms with Gasteiger partial charge in [0, 0.05) is 11.5 Å². The molecule has 0 radical (unpaired) electrons. The van der Waals surface area contributed by atoms with Crippen LogP contribution in [0.5, 0.6) is 0 Å². The maximum absolute atomic E-state index is 11.9. The summed E-state index contributed by atoms with van der Waals surface area (Å²) in [6.07, 6.45) is 1.36. The van der Waals surface area contributed by atoms with E-state index < -0.39 is 0 Å². The topological polar surface area (TPSA) is 59.8 Å². The standard InChI is InChI=1S/C10H8BrClN4O/c1-16-10(13-5-14-16)15-9(17)7-4-6(11)2-3-8(7)12/h2-5H,1H3,(H,13,14,15,17). The molecule has 2 rings (SSSR count). The Morgan fingerprint density at radius 1 is 1.53 bits per heavy atom. The summed E-state index contributed by atoms with van der Waals surface area (Å²) in [5, 5.41) is 6.85. The average molecular weight is 316 g/mol. The van der Waals surface area contributed by atoms with Crippen LogP contribution >= 0.6 is 27.5 Å². The van der Waals surface area contributed by atoms with E-state index in [2.05, 4.69) is 31.3 Å². The first-order valence-electron chi connectivity index (χ1n) is 4.68. The minimum Gasteiger partial charge on any atom is -0.291 e. The Kier molecular flexibility index (Phi) is 3.44. The molecule has 1 N–H and O–H groups in total.